The molecule has 1 fully saturated rings. The first-order valence-corrected chi connectivity index (χ1v) is 6.87. The van der Waals surface area contributed by atoms with Gasteiger partial charge < -0.3 is 5.73 Å². The third-order valence-corrected chi connectivity index (χ3v) is 4.27. The summed E-state index contributed by atoms with van der Waals surface area (Å²) in [5, 5.41) is 0. The summed E-state index contributed by atoms with van der Waals surface area (Å²) in [5.41, 5.74) is 7.16. The van der Waals surface area contributed by atoms with E-state index in [0.29, 0.717) is 24.0 Å². The predicted octanol–water partition coefficient (Wildman–Crippen LogP) is 4.50. The highest BCUT2D eigenvalue weighted by molar-refractivity contribution is 5.26. The largest absolute Gasteiger partial charge is 0.391 e. The van der Waals surface area contributed by atoms with Gasteiger partial charge in [-0.25, -0.2) is 4.39 Å². The van der Waals surface area contributed by atoms with Gasteiger partial charge in [0.25, 0.3) is 0 Å². The summed E-state index contributed by atoms with van der Waals surface area (Å²) in [6.07, 6.45) is -2.74. The average molecular weight is 289 g/mol. The maximum Gasteiger partial charge on any atom is 0.391 e. The summed E-state index contributed by atoms with van der Waals surface area (Å²) in [6.45, 7) is 1.64. The quantitative estimate of drug-likeness (QED) is 0.797. The highest BCUT2D eigenvalue weighted by atomic mass is 19.4. The van der Waals surface area contributed by atoms with Gasteiger partial charge in [0.2, 0.25) is 0 Å². The molecule has 0 saturated heterocycles. The van der Waals surface area contributed by atoms with Crippen LogP contribution < -0.4 is 5.73 Å². The van der Waals surface area contributed by atoms with Crippen LogP contribution in [0.3, 0.4) is 0 Å². The second-order valence-corrected chi connectivity index (χ2v) is 5.70. The van der Waals surface area contributed by atoms with Gasteiger partial charge >= 0.3 is 6.18 Å². The molecular weight excluding hydrogens is 270 g/mol. The van der Waals surface area contributed by atoms with Crippen LogP contribution in [0.2, 0.25) is 0 Å². The Bertz CT molecular complexity index is 469. The molecule has 0 amide bonds. The van der Waals surface area contributed by atoms with E-state index in [0.717, 1.165) is 0 Å². The topological polar surface area (TPSA) is 26.0 Å². The molecule has 1 nitrogen and oxygen atoms in total. The van der Waals surface area contributed by atoms with Gasteiger partial charge in [0.1, 0.15) is 5.82 Å². The molecule has 1 aliphatic carbocycles. The first-order chi connectivity index (χ1) is 9.29. The van der Waals surface area contributed by atoms with Gasteiger partial charge in [-0.2, -0.15) is 13.2 Å². The van der Waals surface area contributed by atoms with E-state index in [2.05, 4.69) is 0 Å². The Kier molecular flexibility index (Phi) is 4.37. The third kappa shape index (κ3) is 3.32. The van der Waals surface area contributed by atoms with Gasteiger partial charge in [0.15, 0.2) is 0 Å². The van der Waals surface area contributed by atoms with Crippen molar-refractivity contribution in [2.45, 2.75) is 44.8 Å². The van der Waals surface area contributed by atoms with Crippen molar-refractivity contribution in [1.82, 2.24) is 0 Å². The monoisotopic (exact) mass is 289 g/mol. The Balaban J connectivity index is 2.12. The zero-order chi connectivity index (χ0) is 14.9. The molecule has 1 aliphatic rings. The Labute approximate surface area is 116 Å². The summed E-state index contributed by atoms with van der Waals surface area (Å²) < 4.78 is 51.9. The van der Waals surface area contributed by atoms with Crippen LogP contribution in [0, 0.1) is 24.6 Å². The number of hydrogen-bond donors (Lipinski definition) is 1. The SMILES string of the molecule is Cc1ccc(C(N)C2CCCC(C(F)(F)F)C2)cc1F. The van der Waals surface area contributed by atoms with Gasteiger partial charge in [-0.1, -0.05) is 18.6 Å². The molecule has 0 spiro atoms. The van der Waals surface area contributed by atoms with Crippen molar-refractivity contribution in [1.29, 1.82) is 0 Å². The fourth-order valence-electron chi connectivity index (χ4n) is 2.94. The summed E-state index contributed by atoms with van der Waals surface area (Å²) in [6, 6.07) is 4.14. The Morgan fingerprint density at radius 3 is 2.55 bits per heavy atom. The number of halogens is 4. The Hall–Kier alpha value is -1.10. The van der Waals surface area contributed by atoms with E-state index in [9.17, 15) is 17.6 Å². The molecule has 1 aromatic rings. The number of hydrogen-bond acceptors (Lipinski definition) is 1. The number of benzene rings is 1. The van der Waals surface area contributed by atoms with Gasteiger partial charge in [0, 0.05) is 6.04 Å². The molecule has 5 heteroatoms. The van der Waals surface area contributed by atoms with E-state index >= 15 is 0 Å². The molecule has 3 unspecified atom stereocenters. The van der Waals surface area contributed by atoms with Crippen molar-refractivity contribution < 1.29 is 17.6 Å². The standard InChI is InChI=1S/C15H19F4N/c1-9-5-6-11(8-13(9)16)14(20)10-3-2-4-12(7-10)15(17,18)19/h5-6,8,10,12,14H,2-4,7,20H2,1H3. The summed E-state index contributed by atoms with van der Waals surface area (Å²) in [7, 11) is 0. The second-order valence-electron chi connectivity index (χ2n) is 5.70. The van der Waals surface area contributed by atoms with E-state index in [1.165, 1.54) is 6.07 Å². The number of rotatable bonds is 2. The van der Waals surface area contributed by atoms with Crippen LogP contribution in [0.5, 0.6) is 0 Å². The number of nitrogens with two attached hydrogens (primary N) is 1. The molecule has 112 valence electrons. The highest BCUT2D eigenvalue weighted by Gasteiger charge is 2.43. The minimum atomic E-state index is -4.16. The van der Waals surface area contributed by atoms with Crippen LogP contribution in [0.15, 0.2) is 18.2 Å². The lowest BCUT2D eigenvalue weighted by Gasteiger charge is -2.34. The molecule has 0 aromatic heterocycles. The number of aryl methyl sites for hydroxylation is 1. The molecule has 0 heterocycles. The first-order valence-electron chi connectivity index (χ1n) is 6.87. The van der Waals surface area contributed by atoms with Crippen molar-refractivity contribution in [3.63, 3.8) is 0 Å². The average Bonchev–Trinajstić information content (AvgIpc) is 2.40. The van der Waals surface area contributed by atoms with Gasteiger partial charge in [-0.3, -0.25) is 0 Å². The third-order valence-electron chi connectivity index (χ3n) is 4.27. The van der Waals surface area contributed by atoms with Crippen molar-refractivity contribution >= 4 is 0 Å². The fraction of sp³-hybridized carbons (Fsp3) is 0.600. The van der Waals surface area contributed by atoms with E-state index < -0.39 is 18.1 Å². The van der Waals surface area contributed by atoms with E-state index in [-0.39, 0.29) is 24.6 Å². The maximum atomic E-state index is 13.5. The molecule has 0 aliphatic heterocycles. The molecule has 1 saturated carbocycles. The number of alkyl halides is 3. The highest BCUT2D eigenvalue weighted by Crippen LogP contribution is 2.43. The predicted molar refractivity (Wildman–Crippen MR) is 69.6 cm³/mol. The van der Waals surface area contributed by atoms with Crippen LogP contribution >= 0.6 is 0 Å². The molecule has 2 rings (SSSR count). The van der Waals surface area contributed by atoms with Crippen LogP contribution in [-0.2, 0) is 0 Å². The zero-order valence-electron chi connectivity index (χ0n) is 11.4. The summed E-state index contributed by atoms with van der Waals surface area (Å²) in [5.74, 6) is -1.87. The Morgan fingerprint density at radius 1 is 1.25 bits per heavy atom. The molecular formula is C15H19F4N. The maximum absolute atomic E-state index is 13.5. The summed E-state index contributed by atoms with van der Waals surface area (Å²) in [4.78, 5) is 0. The molecule has 20 heavy (non-hydrogen) atoms. The lowest BCUT2D eigenvalue weighted by atomic mass is 9.76. The lowest BCUT2D eigenvalue weighted by Crippen LogP contribution is -2.33. The smallest absolute Gasteiger partial charge is 0.324 e. The van der Waals surface area contributed by atoms with Crippen LogP contribution in [0.1, 0.15) is 42.9 Å². The van der Waals surface area contributed by atoms with Crippen molar-refractivity contribution in [3.05, 3.63) is 35.1 Å². The van der Waals surface area contributed by atoms with Gasteiger partial charge in [-0.15, -0.1) is 0 Å². The molecule has 0 radical (unpaired) electrons. The van der Waals surface area contributed by atoms with Crippen molar-refractivity contribution in [3.8, 4) is 0 Å². The van der Waals surface area contributed by atoms with Crippen LogP contribution in [-0.4, -0.2) is 6.18 Å². The van der Waals surface area contributed by atoms with E-state index in [1.807, 2.05) is 0 Å². The second kappa shape index (κ2) is 5.72. The molecule has 2 N–H and O–H groups in total. The summed E-state index contributed by atoms with van der Waals surface area (Å²) >= 11 is 0. The molecule has 3 atom stereocenters. The van der Waals surface area contributed by atoms with Crippen LogP contribution in [0.25, 0.3) is 0 Å². The minimum absolute atomic E-state index is 0.0418. The van der Waals surface area contributed by atoms with Crippen LogP contribution in [0.4, 0.5) is 17.6 Å². The van der Waals surface area contributed by atoms with Gasteiger partial charge in [-0.05, 0) is 49.3 Å². The minimum Gasteiger partial charge on any atom is -0.324 e. The van der Waals surface area contributed by atoms with Crippen molar-refractivity contribution in [2.24, 2.45) is 17.6 Å². The van der Waals surface area contributed by atoms with Gasteiger partial charge in [0.05, 0.1) is 5.92 Å². The molecule has 0 bridgehead atoms. The first kappa shape index (κ1) is 15.3. The van der Waals surface area contributed by atoms with E-state index in [1.54, 1.807) is 19.1 Å². The molecule has 1 aromatic carbocycles. The zero-order valence-corrected chi connectivity index (χ0v) is 11.4. The normalized spacial score (nSPS) is 25.5. The Morgan fingerprint density at radius 2 is 1.95 bits per heavy atom. The fourth-order valence-corrected chi connectivity index (χ4v) is 2.94. The van der Waals surface area contributed by atoms with E-state index in [4.69, 9.17) is 5.73 Å². The van der Waals surface area contributed by atoms with Crippen molar-refractivity contribution in [2.75, 3.05) is 0 Å². The lowest BCUT2D eigenvalue weighted by molar-refractivity contribution is -0.186.